The van der Waals surface area contributed by atoms with Gasteiger partial charge in [0.15, 0.2) is 6.21 Å². The highest BCUT2D eigenvalue weighted by Gasteiger charge is 2.10. The van der Waals surface area contributed by atoms with Gasteiger partial charge in [-0.1, -0.05) is 18.2 Å². The number of nitrogens with zero attached hydrogens (tertiary/aromatic N) is 2. The molecule has 0 fully saturated rings. The Kier molecular flexibility index (Phi) is 4.08. The van der Waals surface area contributed by atoms with E-state index < -0.39 is 0 Å². The van der Waals surface area contributed by atoms with Crippen molar-refractivity contribution in [2.75, 3.05) is 19.0 Å². The summed E-state index contributed by atoms with van der Waals surface area (Å²) in [4.78, 5) is 2.03. The second kappa shape index (κ2) is 5.78. The third kappa shape index (κ3) is 2.99. The fourth-order valence-electron chi connectivity index (χ4n) is 2.21. The van der Waals surface area contributed by atoms with Crippen LogP contribution in [0.2, 0.25) is 0 Å². The van der Waals surface area contributed by atoms with Crippen molar-refractivity contribution in [2.24, 2.45) is 0 Å². The second-order valence-electron chi connectivity index (χ2n) is 5.18. The standard InChI is InChI=1S/C17H20N2O/c1-13-6-5-7-14(2)17(13)19(20)12-15-8-10-16(11-9-15)18(3)4/h5-12H,1-4H3. The summed E-state index contributed by atoms with van der Waals surface area (Å²) < 4.78 is 0.954. The van der Waals surface area contributed by atoms with Gasteiger partial charge in [-0.25, -0.2) is 0 Å². The molecule has 0 saturated carbocycles. The molecule has 3 heteroatoms. The van der Waals surface area contributed by atoms with Gasteiger partial charge >= 0.3 is 0 Å². The van der Waals surface area contributed by atoms with Gasteiger partial charge in [0.25, 0.3) is 0 Å². The van der Waals surface area contributed by atoms with Gasteiger partial charge in [0.1, 0.15) is 0 Å². The molecule has 2 aromatic carbocycles. The van der Waals surface area contributed by atoms with Gasteiger partial charge in [0, 0.05) is 36.5 Å². The van der Waals surface area contributed by atoms with Crippen LogP contribution in [0.15, 0.2) is 42.5 Å². The van der Waals surface area contributed by atoms with Crippen molar-refractivity contribution in [1.29, 1.82) is 0 Å². The molecule has 0 heterocycles. The lowest BCUT2D eigenvalue weighted by Crippen LogP contribution is -2.08. The zero-order valence-electron chi connectivity index (χ0n) is 12.4. The summed E-state index contributed by atoms with van der Waals surface area (Å²) in [5.74, 6) is 0. The first-order valence-electron chi connectivity index (χ1n) is 6.64. The summed E-state index contributed by atoms with van der Waals surface area (Å²) in [5.41, 5.74) is 4.71. The van der Waals surface area contributed by atoms with Crippen LogP contribution < -0.4 is 4.90 Å². The molecule has 0 atom stereocenters. The quantitative estimate of drug-likeness (QED) is 0.368. The second-order valence-corrected chi connectivity index (χ2v) is 5.18. The average Bonchev–Trinajstić information content (AvgIpc) is 2.39. The van der Waals surface area contributed by atoms with Crippen molar-refractivity contribution in [3.63, 3.8) is 0 Å². The molecule has 0 aliphatic carbocycles. The fraction of sp³-hybridized carbons (Fsp3) is 0.235. The number of hydrogen-bond acceptors (Lipinski definition) is 2. The Balaban J connectivity index is 2.35. The molecule has 104 valence electrons. The molecule has 0 amide bonds. The summed E-state index contributed by atoms with van der Waals surface area (Å²) in [6, 6.07) is 13.8. The van der Waals surface area contributed by atoms with E-state index >= 15 is 0 Å². The van der Waals surface area contributed by atoms with Crippen LogP contribution in [0.4, 0.5) is 11.4 Å². The number of hydrogen-bond donors (Lipinski definition) is 0. The molecule has 3 nitrogen and oxygen atoms in total. The van der Waals surface area contributed by atoms with Crippen LogP contribution in [0, 0.1) is 19.1 Å². The molecular weight excluding hydrogens is 248 g/mol. The van der Waals surface area contributed by atoms with E-state index in [9.17, 15) is 5.21 Å². The van der Waals surface area contributed by atoms with Crippen molar-refractivity contribution in [2.45, 2.75) is 13.8 Å². The third-order valence-corrected chi connectivity index (χ3v) is 3.34. The summed E-state index contributed by atoms with van der Waals surface area (Å²) >= 11 is 0. The molecule has 0 radical (unpaired) electrons. The first-order valence-corrected chi connectivity index (χ1v) is 6.64. The van der Waals surface area contributed by atoms with Crippen LogP contribution in [0.5, 0.6) is 0 Å². The maximum Gasteiger partial charge on any atom is 0.222 e. The third-order valence-electron chi connectivity index (χ3n) is 3.34. The van der Waals surface area contributed by atoms with Gasteiger partial charge in [0.05, 0.1) is 0 Å². The predicted octanol–water partition coefficient (Wildman–Crippen LogP) is 3.63. The van der Waals surface area contributed by atoms with E-state index in [1.807, 2.05) is 75.3 Å². The molecule has 2 aromatic rings. The van der Waals surface area contributed by atoms with Gasteiger partial charge < -0.3 is 10.1 Å². The average molecular weight is 268 g/mol. The van der Waals surface area contributed by atoms with Gasteiger partial charge in [-0.3, -0.25) is 0 Å². The molecule has 20 heavy (non-hydrogen) atoms. The van der Waals surface area contributed by atoms with E-state index in [-0.39, 0.29) is 0 Å². The zero-order chi connectivity index (χ0) is 14.7. The molecule has 0 spiro atoms. The highest BCUT2D eigenvalue weighted by molar-refractivity contribution is 5.78. The van der Waals surface area contributed by atoms with E-state index in [1.165, 1.54) is 0 Å². The first-order chi connectivity index (χ1) is 9.49. The molecule has 0 N–H and O–H groups in total. The Labute approximate surface area is 120 Å². The number of rotatable bonds is 3. The molecule has 0 aromatic heterocycles. The van der Waals surface area contributed by atoms with Crippen LogP contribution >= 0.6 is 0 Å². The Morgan fingerprint density at radius 2 is 1.50 bits per heavy atom. The topological polar surface area (TPSA) is 29.3 Å². The number of anilines is 1. The largest absolute Gasteiger partial charge is 0.618 e. The molecule has 0 aliphatic rings. The van der Waals surface area contributed by atoms with Crippen LogP contribution in [0.1, 0.15) is 16.7 Å². The van der Waals surface area contributed by atoms with E-state index in [2.05, 4.69) is 0 Å². The maximum atomic E-state index is 12.3. The fourth-order valence-corrected chi connectivity index (χ4v) is 2.21. The van der Waals surface area contributed by atoms with E-state index in [1.54, 1.807) is 6.21 Å². The minimum absolute atomic E-state index is 0.726. The Bertz CT molecular complexity index is 608. The predicted molar refractivity (Wildman–Crippen MR) is 85.1 cm³/mol. The smallest absolute Gasteiger partial charge is 0.222 e. The monoisotopic (exact) mass is 268 g/mol. The lowest BCUT2D eigenvalue weighted by Gasteiger charge is -2.12. The van der Waals surface area contributed by atoms with Crippen molar-refractivity contribution >= 4 is 17.6 Å². The molecule has 2 rings (SSSR count). The Morgan fingerprint density at radius 1 is 0.950 bits per heavy atom. The van der Waals surface area contributed by atoms with Crippen LogP contribution in [0.3, 0.4) is 0 Å². The lowest BCUT2D eigenvalue weighted by molar-refractivity contribution is -0.355. The summed E-state index contributed by atoms with van der Waals surface area (Å²) in [5, 5.41) is 12.3. The number of para-hydroxylation sites is 1. The van der Waals surface area contributed by atoms with Crippen molar-refractivity contribution in [1.82, 2.24) is 0 Å². The molecule has 0 bridgehead atoms. The molecule has 0 aliphatic heterocycles. The van der Waals surface area contributed by atoms with Crippen molar-refractivity contribution in [3.05, 3.63) is 64.4 Å². The van der Waals surface area contributed by atoms with Crippen molar-refractivity contribution < 1.29 is 4.74 Å². The molecular formula is C17H20N2O. The number of benzene rings is 2. The summed E-state index contributed by atoms with van der Waals surface area (Å²) in [6.07, 6.45) is 1.62. The normalized spacial score (nSPS) is 11.5. The minimum Gasteiger partial charge on any atom is -0.618 e. The molecule has 0 saturated heterocycles. The number of aryl methyl sites for hydroxylation is 2. The van der Waals surface area contributed by atoms with Crippen molar-refractivity contribution in [3.8, 4) is 0 Å². The van der Waals surface area contributed by atoms with Gasteiger partial charge in [-0.15, -0.1) is 0 Å². The zero-order valence-corrected chi connectivity index (χ0v) is 12.4. The molecule has 0 unspecified atom stereocenters. The highest BCUT2D eigenvalue weighted by Crippen LogP contribution is 2.22. The van der Waals surface area contributed by atoms with E-state index in [0.717, 1.165) is 32.8 Å². The van der Waals surface area contributed by atoms with E-state index in [4.69, 9.17) is 0 Å². The van der Waals surface area contributed by atoms with E-state index in [0.29, 0.717) is 0 Å². The lowest BCUT2D eigenvalue weighted by atomic mass is 10.1. The first kappa shape index (κ1) is 14.1. The SMILES string of the molecule is Cc1cccc(C)c1[N+]([O-])=Cc1ccc(N(C)C)cc1. The van der Waals surface area contributed by atoms with Crippen LogP contribution in [-0.2, 0) is 0 Å². The Morgan fingerprint density at radius 3 is 2.00 bits per heavy atom. The van der Waals surface area contributed by atoms with Crippen LogP contribution in [-0.4, -0.2) is 25.0 Å². The minimum atomic E-state index is 0.726. The Hall–Kier alpha value is -2.29. The van der Waals surface area contributed by atoms with Crippen LogP contribution in [0.25, 0.3) is 0 Å². The van der Waals surface area contributed by atoms with Gasteiger partial charge in [-0.2, -0.15) is 4.74 Å². The summed E-state index contributed by atoms with van der Waals surface area (Å²) in [7, 11) is 3.99. The van der Waals surface area contributed by atoms with Gasteiger partial charge in [-0.05, 0) is 38.1 Å². The van der Waals surface area contributed by atoms with Gasteiger partial charge in [0.2, 0.25) is 5.69 Å². The maximum absolute atomic E-state index is 12.3. The highest BCUT2D eigenvalue weighted by atomic mass is 16.5. The summed E-state index contributed by atoms with van der Waals surface area (Å²) in [6.45, 7) is 3.91.